The molecule has 3 heterocycles. The molecule has 3 aliphatic rings. The van der Waals surface area contributed by atoms with Gasteiger partial charge < -0.3 is 20.3 Å². The second kappa shape index (κ2) is 7.27. The molecule has 2 bridgehead atoms. The molecule has 1 aromatic carbocycles. The second-order valence-electron chi connectivity index (χ2n) is 7.76. The highest BCUT2D eigenvalue weighted by Gasteiger charge is 2.34. The molecule has 6 nitrogen and oxygen atoms in total. The molecule has 2 N–H and O–H groups in total. The van der Waals surface area contributed by atoms with E-state index in [4.69, 9.17) is 4.74 Å². The van der Waals surface area contributed by atoms with Crippen LogP contribution in [0.15, 0.2) is 18.2 Å². The molecule has 3 fully saturated rings. The molecule has 2 amide bonds. The summed E-state index contributed by atoms with van der Waals surface area (Å²) in [5.74, 6) is 1.28. The summed E-state index contributed by atoms with van der Waals surface area (Å²) in [5, 5.41) is 6.61. The second-order valence-corrected chi connectivity index (χ2v) is 7.76. The maximum absolute atomic E-state index is 12.5. The van der Waals surface area contributed by atoms with Crippen molar-refractivity contribution in [3.63, 3.8) is 0 Å². The maximum Gasteiger partial charge on any atom is 0.227 e. The molecule has 1 aromatic rings. The van der Waals surface area contributed by atoms with Crippen molar-refractivity contribution in [2.75, 3.05) is 23.9 Å². The van der Waals surface area contributed by atoms with Gasteiger partial charge in [0, 0.05) is 43.2 Å². The molecule has 4 rings (SSSR count). The Morgan fingerprint density at radius 1 is 1.31 bits per heavy atom. The average Bonchev–Trinajstić information content (AvgIpc) is 3.19. The Hall–Kier alpha value is -2.08. The lowest BCUT2D eigenvalue weighted by molar-refractivity contribution is -0.118. The summed E-state index contributed by atoms with van der Waals surface area (Å²) < 4.78 is 5.46. The number of methoxy groups -OCH3 is 1. The number of amides is 2. The molecule has 2 unspecified atom stereocenters. The first kappa shape index (κ1) is 17.3. The predicted octanol–water partition coefficient (Wildman–Crippen LogP) is 2.68. The van der Waals surface area contributed by atoms with Crippen LogP contribution in [0.3, 0.4) is 0 Å². The largest absolute Gasteiger partial charge is 0.494 e. The number of rotatable bonds is 5. The summed E-state index contributed by atoms with van der Waals surface area (Å²) >= 11 is 0. The van der Waals surface area contributed by atoms with Crippen LogP contribution in [0.5, 0.6) is 5.75 Å². The van der Waals surface area contributed by atoms with Gasteiger partial charge in [0.2, 0.25) is 11.8 Å². The SMILES string of the molecule is COc1cc(NC(=O)CC2CC3CCC(C2)N3)ccc1N1CCCC1=O. The van der Waals surface area contributed by atoms with Crippen LogP contribution in [0.2, 0.25) is 0 Å². The predicted molar refractivity (Wildman–Crippen MR) is 100 cm³/mol. The highest BCUT2D eigenvalue weighted by Crippen LogP contribution is 2.35. The van der Waals surface area contributed by atoms with Gasteiger partial charge in [0.15, 0.2) is 0 Å². The van der Waals surface area contributed by atoms with Crippen LogP contribution in [-0.2, 0) is 9.59 Å². The van der Waals surface area contributed by atoms with E-state index in [1.807, 2.05) is 18.2 Å². The van der Waals surface area contributed by atoms with Gasteiger partial charge in [-0.1, -0.05) is 0 Å². The zero-order chi connectivity index (χ0) is 18.1. The zero-order valence-corrected chi connectivity index (χ0v) is 15.3. The van der Waals surface area contributed by atoms with Crippen LogP contribution in [0.1, 0.15) is 44.9 Å². The number of fused-ring (bicyclic) bond motifs is 2. The van der Waals surface area contributed by atoms with E-state index in [1.165, 1.54) is 12.8 Å². The molecule has 26 heavy (non-hydrogen) atoms. The maximum atomic E-state index is 12.5. The van der Waals surface area contributed by atoms with E-state index in [9.17, 15) is 9.59 Å². The lowest BCUT2D eigenvalue weighted by atomic mass is 9.89. The molecule has 0 spiro atoms. The van der Waals surface area contributed by atoms with Crippen molar-refractivity contribution in [2.45, 2.75) is 57.0 Å². The third kappa shape index (κ3) is 3.56. The summed E-state index contributed by atoms with van der Waals surface area (Å²) in [4.78, 5) is 26.2. The third-order valence-electron chi connectivity index (χ3n) is 5.87. The summed E-state index contributed by atoms with van der Waals surface area (Å²) in [6, 6.07) is 6.73. The zero-order valence-electron chi connectivity index (χ0n) is 15.3. The Morgan fingerprint density at radius 3 is 2.73 bits per heavy atom. The van der Waals surface area contributed by atoms with Gasteiger partial charge in [-0.3, -0.25) is 9.59 Å². The van der Waals surface area contributed by atoms with E-state index in [-0.39, 0.29) is 11.8 Å². The van der Waals surface area contributed by atoms with Crippen LogP contribution in [0.25, 0.3) is 0 Å². The van der Waals surface area contributed by atoms with Crippen LogP contribution < -0.4 is 20.3 Å². The summed E-state index contributed by atoms with van der Waals surface area (Å²) in [6.07, 6.45) is 6.72. The third-order valence-corrected chi connectivity index (χ3v) is 5.87. The minimum Gasteiger partial charge on any atom is -0.494 e. The summed E-state index contributed by atoms with van der Waals surface area (Å²) in [7, 11) is 1.59. The lowest BCUT2D eigenvalue weighted by Crippen LogP contribution is -2.39. The van der Waals surface area contributed by atoms with E-state index < -0.39 is 0 Å². The molecule has 0 aromatic heterocycles. The molecule has 0 aliphatic carbocycles. The molecule has 140 valence electrons. The van der Waals surface area contributed by atoms with Crippen molar-refractivity contribution >= 4 is 23.2 Å². The van der Waals surface area contributed by atoms with Crippen LogP contribution in [0.4, 0.5) is 11.4 Å². The van der Waals surface area contributed by atoms with Crippen molar-refractivity contribution in [1.82, 2.24) is 5.32 Å². The van der Waals surface area contributed by atoms with Crippen molar-refractivity contribution in [1.29, 1.82) is 0 Å². The highest BCUT2D eigenvalue weighted by molar-refractivity contribution is 5.98. The number of hydrogen-bond donors (Lipinski definition) is 2. The van der Waals surface area contributed by atoms with Gasteiger partial charge in [0.05, 0.1) is 12.8 Å². The Kier molecular flexibility index (Phi) is 4.85. The van der Waals surface area contributed by atoms with E-state index in [1.54, 1.807) is 12.0 Å². The minimum absolute atomic E-state index is 0.0587. The number of ether oxygens (including phenoxy) is 1. The number of piperidine rings is 1. The van der Waals surface area contributed by atoms with E-state index in [0.717, 1.165) is 37.2 Å². The van der Waals surface area contributed by atoms with Crippen molar-refractivity contribution in [3.05, 3.63) is 18.2 Å². The normalized spacial score (nSPS) is 27.7. The van der Waals surface area contributed by atoms with Crippen molar-refractivity contribution in [2.24, 2.45) is 5.92 Å². The topological polar surface area (TPSA) is 70.7 Å². The standard InChI is InChI=1S/C20H27N3O3/c1-26-18-12-16(6-7-17(18)23-8-2-3-20(23)25)22-19(24)11-13-9-14-4-5-15(10-13)21-14/h6-7,12-15,21H,2-5,8-11H2,1H3,(H,22,24). The van der Waals surface area contributed by atoms with Gasteiger partial charge in [-0.15, -0.1) is 0 Å². The van der Waals surface area contributed by atoms with Gasteiger partial charge in [0.25, 0.3) is 0 Å². The van der Waals surface area contributed by atoms with E-state index >= 15 is 0 Å². The van der Waals surface area contributed by atoms with E-state index in [0.29, 0.717) is 36.6 Å². The van der Waals surface area contributed by atoms with Crippen LogP contribution in [-0.4, -0.2) is 37.6 Å². The van der Waals surface area contributed by atoms with Crippen LogP contribution >= 0.6 is 0 Å². The monoisotopic (exact) mass is 357 g/mol. The Bertz CT molecular complexity index is 694. The summed E-state index contributed by atoms with van der Waals surface area (Å²) in [5.41, 5.74) is 1.50. The summed E-state index contributed by atoms with van der Waals surface area (Å²) in [6.45, 7) is 0.721. The molecule has 3 saturated heterocycles. The van der Waals surface area contributed by atoms with Gasteiger partial charge in [-0.25, -0.2) is 0 Å². The number of nitrogens with zero attached hydrogens (tertiary/aromatic N) is 1. The van der Waals surface area contributed by atoms with Crippen molar-refractivity contribution in [3.8, 4) is 5.75 Å². The number of carbonyl (C=O) groups is 2. The first-order chi connectivity index (χ1) is 12.6. The molecule has 2 atom stereocenters. The Labute approximate surface area is 154 Å². The quantitative estimate of drug-likeness (QED) is 0.850. The molecule has 0 radical (unpaired) electrons. The molecular weight excluding hydrogens is 330 g/mol. The number of carbonyl (C=O) groups excluding carboxylic acids is 2. The fourth-order valence-corrected chi connectivity index (χ4v) is 4.70. The van der Waals surface area contributed by atoms with E-state index in [2.05, 4.69) is 10.6 Å². The van der Waals surface area contributed by atoms with Gasteiger partial charge in [-0.05, 0) is 50.2 Å². The smallest absolute Gasteiger partial charge is 0.227 e. The Morgan fingerprint density at radius 2 is 2.08 bits per heavy atom. The average molecular weight is 357 g/mol. The number of anilines is 2. The molecular formula is C20H27N3O3. The van der Waals surface area contributed by atoms with Crippen molar-refractivity contribution < 1.29 is 14.3 Å². The number of hydrogen-bond acceptors (Lipinski definition) is 4. The molecule has 3 aliphatic heterocycles. The van der Waals surface area contributed by atoms with Gasteiger partial charge >= 0.3 is 0 Å². The number of nitrogens with one attached hydrogen (secondary N) is 2. The fourth-order valence-electron chi connectivity index (χ4n) is 4.70. The first-order valence-corrected chi connectivity index (χ1v) is 9.66. The Balaban J connectivity index is 1.39. The first-order valence-electron chi connectivity index (χ1n) is 9.66. The lowest BCUT2D eigenvalue weighted by Gasteiger charge is -2.28. The van der Waals surface area contributed by atoms with Gasteiger partial charge in [0.1, 0.15) is 5.75 Å². The fraction of sp³-hybridized carbons (Fsp3) is 0.600. The minimum atomic E-state index is 0.0587. The highest BCUT2D eigenvalue weighted by atomic mass is 16.5. The number of benzene rings is 1. The van der Waals surface area contributed by atoms with Gasteiger partial charge in [-0.2, -0.15) is 0 Å². The molecule has 0 saturated carbocycles. The van der Waals surface area contributed by atoms with Crippen LogP contribution in [0, 0.1) is 5.92 Å². The molecule has 6 heteroatoms.